The molecule has 4 nitrogen and oxygen atoms in total. The predicted molar refractivity (Wildman–Crippen MR) is 266 cm³/mol. The molecule has 0 amide bonds. The summed E-state index contributed by atoms with van der Waals surface area (Å²) in [5.74, 6) is 3.27. The number of ether oxygens (including phenoxy) is 2. The molecule has 2 heterocycles. The molecule has 0 aliphatic carbocycles. The third-order valence-corrected chi connectivity index (χ3v) is 13.3. The van der Waals surface area contributed by atoms with Gasteiger partial charge in [0.25, 0.3) is 0 Å². The van der Waals surface area contributed by atoms with Crippen LogP contribution in [0.1, 0.15) is 0 Å². The topological polar surface area (TPSA) is 24.9 Å². The first kappa shape index (κ1) is 35.0. The van der Waals surface area contributed by atoms with E-state index in [1.54, 1.807) is 0 Å². The lowest BCUT2D eigenvalue weighted by Crippen LogP contribution is -2.16. The molecule has 64 heavy (non-hydrogen) atoms. The van der Waals surface area contributed by atoms with E-state index in [1.807, 2.05) is 6.07 Å². The van der Waals surface area contributed by atoms with Crippen molar-refractivity contribution in [1.29, 1.82) is 0 Å². The van der Waals surface area contributed by atoms with Crippen LogP contribution in [0.4, 0.5) is 34.1 Å². The summed E-state index contributed by atoms with van der Waals surface area (Å²) in [6.07, 6.45) is 0. The van der Waals surface area contributed by atoms with E-state index in [9.17, 15) is 0 Å². The SMILES string of the molecule is c1ccc2c(c1)Oc1cc(-c3ccc4c(c3)N(c3ccc5c(ccc6ccccc65)c3)c3ccc5ccccc5c3O4)ccc1N2c1ccc2c3ccccc3c3ccccc3c2c1. The summed E-state index contributed by atoms with van der Waals surface area (Å²) in [6, 6.07) is 78.5. The molecule has 2 aliphatic rings. The second-order valence-corrected chi connectivity index (χ2v) is 16.9. The molecule has 0 N–H and O–H groups in total. The van der Waals surface area contributed by atoms with Crippen LogP contribution in [0.3, 0.4) is 0 Å². The molecule has 4 heteroatoms. The number of benzene rings is 12. The Hall–Kier alpha value is -8.60. The van der Waals surface area contributed by atoms with Crippen LogP contribution >= 0.6 is 0 Å². The molecular weight excluding hydrogens is 781 g/mol. The minimum absolute atomic E-state index is 0.795. The average molecular weight is 817 g/mol. The summed E-state index contributed by atoms with van der Waals surface area (Å²) in [7, 11) is 0. The van der Waals surface area contributed by atoms with Crippen molar-refractivity contribution in [3.05, 3.63) is 218 Å². The summed E-state index contributed by atoms with van der Waals surface area (Å²) in [5.41, 5.74) is 8.22. The fourth-order valence-corrected chi connectivity index (χ4v) is 10.4. The van der Waals surface area contributed by atoms with Gasteiger partial charge in [-0.2, -0.15) is 0 Å². The van der Waals surface area contributed by atoms with Gasteiger partial charge >= 0.3 is 0 Å². The lowest BCUT2D eigenvalue weighted by molar-refractivity contribution is 0.477. The Morgan fingerprint density at radius 3 is 1.55 bits per heavy atom. The van der Waals surface area contributed by atoms with Gasteiger partial charge in [0, 0.05) is 16.8 Å². The second kappa shape index (κ2) is 13.4. The minimum atomic E-state index is 0.795. The molecule has 0 radical (unpaired) electrons. The van der Waals surface area contributed by atoms with E-state index in [0.29, 0.717) is 0 Å². The van der Waals surface area contributed by atoms with Crippen molar-refractivity contribution in [1.82, 2.24) is 0 Å². The summed E-state index contributed by atoms with van der Waals surface area (Å²) >= 11 is 0. The van der Waals surface area contributed by atoms with Gasteiger partial charge in [-0.3, -0.25) is 0 Å². The van der Waals surface area contributed by atoms with Gasteiger partial charge in [-0.25, -0.2) is 0 Å². The molecule has 0 saturated carbocycles. The van der Waals surface area contributed by atoms with E-state index in [-0.39, 0.29) is 0 Å². The van der Waals surface area contributed by atoms with Crippen LogP contribution in [0.15, 0.2) is 218 Å². The number of nitrogens with zero attached hydrogens (tertiary/aromatic N) is 2. The maximum Gasteiger partial charge on any atom is 0.159 e. The molecule has 12 aromatic carbocycles. The quantitative estimate of drug-likeness (QED) is 0.166. The molecule has 12 aromatic rings. The van der Waals surface area contributed by atoms with Gasteiger partial charge in [0.2, 0.25) is 0 Å². The van der Waals surface area contributed by atoms with Gasteiger partial charge in [0.15, 0.2) is 23.0 Å². The number of rotatable bonds is 3. The maximum absolute atomic E-state index is 6.88. The summed E-state index contributed by atoms with van der Waals surface area (Å²) in [6.45, 7) is 0. The van der Waals surface area contributed by atoms with Crippen molar-refractivity contribution in [2.24, 2.45) is 0 Å². The van der Waals surface area contributed by atoms with Crippen LogP contribution in [0.5, 0.6) is 23.0 Å². The molecular formula is C60H36N2O2. The Balaban J connectivity index is 0.913. The van der Waals surface area contributed by atoms with Crippen LogP contribution in [0.2, 0.25) is 0 Å². The van der Waals surface area contributed by atoms with E-state index in [1.165, 1.54) is 53.9 Å². The van der Waals surface area contributed by atoms with Crippen LogP contribution in [-0.2, 0) is 0 Å². The third-order valence-electron chi connectivity index (χ3n) is 13.3. The molecule has 14 rings (SSSR count). The van der Waals surface area contributed by atoms with Crippen LogP contribution in [-0.4, -0.2) is 0 Å². The van der Waals surface area contributed by atoms with Gasteiger partial charge in [-0.15, -0.1) is 0 Å². The zero-order valence-electron chi connectivity index (χ0n) is 34.5. The summed E-state index contributed by atoms with van der Waals surface area (Å²) in [5, 5.41) is 14.6. The van der Waals surface area contributed by atoms with Crippen LogP contribution < -0.4 is 19.3 Å². The van der Waals surface area contributed by atoms with Crippen molar-refractivity contribution in [3.63, 3.8) is 0 Å². The Labute approximate surface area is 369 Å². The third kappa shape index (κ3) is 5.17. The summed E-state index contributed by atoms with van der Waals surface area (Å²) in [4.78, 5) is 4.70. The molecule has 0 saturated heterocycles. The highest BCUT2D eigenvalue weighted by Gasteiger charge is 2.30. The highest BCUT2D eigenvalue weighted by Crippen LogP contribution is 2.56. The number of anilines is 6. The molecule has 0 aromatic heterocycles. The van der Waals surface area contributed by atoms with Crippen molar-refractivity contribution >= 4 is 98.8 Å². The van der Waals surface area contributed by atoms with Gasteiger partial charge in [0.05, 0.1) is 22.7 Å². The van der Waals surface area contributed by atoms with E-state index in [0.717, 1.165) is 79.0 Å². The molecule has 0 bridgehead atoms. The smallest absolute Gasteiger partial charge is 0.159 e. The molecule has 2 aliphatic heterocycles. The normalized spacial score (nSPS) is 12.9. The average Bonchev–Trinajstić information content (AvgIpc) is 3.36. The lowest BCUT2D eigenvalue weighted by Gasteiger charge is -2.34. The van der Waals surface area contributed by atoms with Crippen molar-refractivity contribution in [2.45, 2.75) is 0 Å². The number of fused-ring (bicyclic) bond motifs is 15. The Morgan fingerprint density at radius 2 is 0.750 bits per heavy atom. The van der Waals surface area contributed by atoms with Crippen LogP contribution in [0.25, 0.3) is 75.8 Å². The molecule has 0 atom stereocenters. The number of para-hydroxylation sites is 2. The Bertz CT molecular complexity index is 3910. The minimum Gasteiger partial charge on any atom is -0.453 e. The maximum atomic E-state index is 6.88. The van der Waals surface area contributed by atoms with E-state index < -0.39 is 0 Å². The summed E-state index contributed by atoms with van der Waals surface area (Å²) < 4.78 is 13.7. The Morgan fingerprint density at radius 1 is 0.250 bits per heavy atom. The van der Waals surface area contributed by atoms with Gasteiger partial charge in [-0.1, -0.05) is 152 Å². The second-order valence-electron chi connectivity index (χ2n) is 16.9. The first-order chi connectivity index (χ1) is 31.7. The van der Waals surface area contributed by atoms with Gasteiger partial charge in [-0.05, 0) is 137 Å². The first-order valence-corrected chi connectivity index (χ1v) is 21.8. The zero-order valence-corrected chi connectivity index (χ0v) is 34.5. The zero-order chi connectivity index (χ0) is 41.9. The van der Waals surface area contributed by atoms with E-state index in [4.69, 9.17) is 9.47 Å². The van der Waals surface area contributed by atoms with E-state index >= 15 is 0 Å². The van der Waals surface area contributed by atoms with Gasteiger partial charge in [0.1, 0.15) is 0 Å². The molecule has 0 spiro atoms. The van der Waals surface area contributed by atoms with E-state index in [2.05, 4.69) is 222 Å². The fraction of sp³-hybridized carbons (Fsp3) is 0. The first-order valence-electron chi connectivity index (χ1n) is 21.8. The fourth-order valence-electron chi connectivity index (χ4n) is 10.4. The standard InChI is InChI=1S/C60H36N2O2/c1-3-13-44-37(11-1)21-22-41-33-42(26-28-45(41)44)62-55-31-23-38-12-2-4-14-46(38)60(55)64-58-32-25-39(34-56(58)62)40-24-30-54-59(35-40)63-57-20-10-9-19-53(57)61(54)43-27-29-51-49-17-6-5-15-47(49)48-16-7-8-18-50(48)52(51)36-43/h1-36H. The largest absolute Gasteiger partial charge is 0.453 e. The Kier molecular flexibility index (Phi) is 7.36. The highest BCUT2D eigenvalue weighted by atomic mass is 16.5. The highest BCUT2D eigenvalue weighted by molar-refractivity contribution is 6.26. The van der Waals surface area contributed by atoms with Crippen molar-refractivity contribution < 1.29 is 9.47 Å². The molecule has 298 valence electrons. The predicted octanol–water partition coefficient (Wildman–Crippen LogP) is 17.4. The number of hydrogen-bond acceptors (Lipinski definition) is 4. The van der Waals surface area contributed by atoms with Crippen LogP contribution in [0, 0.1) is 0 Å². The lowest BCUT2D eigenvalue weighted by atomic mass is 9.94. The van der Waals surface area contributed by atoms with Crippen molar-refractivity contribution in [3.8, 4) is 34.1 Å². The molecule has 0 unspecified atom stereocenters. The number of hydrogen-bond donors (Lipinski definition) is 0. The monoisotopic (exact) mass is 816 g/mol. The molecule has 0 fully saturated rings. The van der Waals surface area contributed by atoms with Crippen molar-refractivity contribution in [2.75, 3.05) is 9.80 Å². The van der Waals surface area contributed by atoms with Gasteiger partial charge < -0.3 is 19.3 Å².